The van der Waals surface area contributed by atoms with Crippen LogP contribution in [0.1, 0.15) is 25.7 Å². The van der Waals surface area contributed by atoms with Crippen LogP contribution in [0.2, 0.25) is 0 Å². The van der Waals surface area contributed by atoms with Crippen molar-refractivity contribution in [1.29, 1.82) is 0 Å². The van der Waals surface area contributed by atoms with Crippen molar-refractivity contribution in [1.82, 2.24) is 10.2 Å². The molecule has 1 atom stereocenters. The zero-order valence-electron chi connectivity index (χ0n) is 10.1. The molecular weight excluding hydrogens is 188 g/mol. The van der Waals surface area contributed by atoms with Crippen LogP contribution >= 0.6 is 0 Å². The van der Waals surface area contributed by atoms with Crippen LogP contribution in [0.25, 0.3) is 0 Å². The molecule has 0 aromatic carbocycles. The molecule has 1 aliphatic heterocycles. The van der Waals surface area contributed by atoms with Crippen molar-refractivity contribution in [2.75, 3.05) is 40.4 Å². The Balaban J connectivity index is 1.87. The average Bonchev–Trinajstić information content (AvgIpc) is 2.50. The molecule has 0 amide bonds. The van der Waals surface area contributed by atoms with E-state index in [2.05, 4.69) is 17.3 Å². The van der Waals surface area contributed by atoms with Crippen LogP contribution in [0.15, 0.2) is 0 Å². The number of hydrogen-bond donors (Lipinski definition) is 1. The lowest BCUT2D eigenvalue weighted by atomic mass is 9.84. The van der Waals surface area contributed by atoms with E-state index in [0.717, 1.165) is 25.8 Å². The van der Waals surface area contributed by atoms with Crippen molar-refractivity contribution in [3.8, 4) is 0 Å². The van der Waals surface area contributed by atoms with E-state index in [9.17, 15) is 0 Å². The van der Waals surface area contributed by atoms with Crippen molar-refractivity contribution in [3.63, 3.8) is 0 Å². The van der Waals surface area contributed by atoms with Gasteiger partial charge in [-0.3, -0.25) is 0 Å². The zero-order chi connectivity index (χ0) is 10.7. The second-order valence-corrected chi connectivity index (χ2v) is 5.33. The van der Waals surface area contributed by atoms with Gasteiger partial charge in [-0.2, -0.15) is 0 Å². The second kappa shape index (κ2) is 4.81. The zero-order valence-corrected chi connectivity index (χ0v) is 10.1. The van der Waals surface area contributed by atoms with Gasteiger partial charge in [-0.25, -0.2) is 0 Å². The third kappa shape index (κ3) is 2.52. The first-order valence-corrected chi connectivity index (χ1v) is 6.18. The molecule has 2 fully saturated rings. The normalized spacial score (nSPS) is 32.2. The number of hydrogen-bond acceptors (Lipinski definition) is 3. The molecule has 1 N–H and O–H groups in total. The molecule has 0 bridgehead atoms. The van der Waals surface area contributed by atoms with Crippen LogP contribution in [0, 0.1) is 5.41 Å². The minimum Gasteiger partial charge on any atom is -0.381 e. The summed E-state index contributed by atoms with van der Waals surface area (Å²) in [6.45, 7) is 4.16. The smallest absolute Gasteiger partial charge is 0.0547 e. The van der Waals surface area contributed by atoms with E-state index in [0.29, 0.717) is 5.41 Å². The quantitative estimate of drug-likeness (QED) is 0.738. The molecule has 0 radical (unpaired) electrons. The molecule has 3 nitrogen and oxygen atoms in total. The summed E-state index contributed by atoms with van der Waals surface area (Å²) in [6.07, 6.45) is 5.43. The Morgan fingerprint density at radius 2 is 2.27 bits per heavy atom. The van der Waals surface area contributed by atoms with Crippen LogP contribution in [-0.2, 0) is 4.74 Å². The molecule has 1 heterocycles. The van der Waals surface area contributed by atoms with Crippen molar-refractivity contribution in [3.05, 3.63) is 0 Å². The molecule has 1 aliphatic carbocycles. The maximum atomic E-state index is 5.58. The fraction of sp³-hybridized carbons (Fsp3) is 1.00. The Bertz CT molecular complexity index is 198. The number of ether oxygens (including phenoxy) is 1. The van der Waals surface area contributed by atoms with Crippen molar-refractivity contribution in [2.24, 2.45) is 5.41 Å². The van der Waals surface area contributed by atoms with Gasteiger partial charge in [-0.15, -0.1) is 0 Å². The van der Waals surface area contributed by atoms with Gasteiger partial charge in [-0.1, -0.05) is 6.42 Å². The predicted molar refractivity (Wildman–Crippen MR) is 62.1 cm³/mol. The molecule has 2 aliphatic rings. The summed E-state index contributed by atoms with van der Waals surface area (Å²) in [7, 11) is 4.32. The highest BCUT2D eigenvalue weighted by Crippen LogP contribution is 2.32. The summed E-state index contributed by atoms with van der Waals surface area (Å²) in [5, 5.41) is 3.32. The molecule has 0 spiro atoms. The standard InChI is InChI=1S/C12H24N2O/c1-13-8-12(6-7-15-10-12)9-14(2)11-4-3-5-11/h11,13H,3-10H2,1-2H3. The summed E-state index contributed by atoms with van der Waals surface area (Å²) in [5.74, 6) is 0. The third-order valence-electron chi connectivity index (χ3n) is 4.02. The molecule has 0 aromatic rings. The molecule has 15 heavy (non-hydrogen) atoms. The van der Waals surface area contributed by atoms with E-state index in [4.69, 9.17) is 4.74 Å². The highest BCUT2D eigenvalue weighted by Gasteiger charge is 2.37. The molecule has 1 saturated carbocycles. The van der Waals surface area contributed by atoms with E-state index in [1.165, 1.54) is 32.2 Å². The topological polar surface area (TPSA) is 24.5 Å². The van der Waals surface area contributed by atoms with Crippen molar-refractivity contribution in [2.45, 2.75) is 31.7 Å². The minimum absolute atomic E-state index is 0.374. The predicted octanol–water partition coefficient (Wildman–Crippen LogP) is 1.10. The minimum atomic E-state index is 0.374. The number of rotatable bonds is 5. The summed E-state index contributed by atoms with van der Waals surface area (Å²) in [4.78, 5) is 2.55. The van der Waals surface area contributed by atoms with Gasteiger partial charge in [0.15, 0.2) is 0 Å². The number of nitrogens with one attached hydrogen (secondary N) is 1. The van der Waals surface area contributed by atoms with Crippen molar-refractivity contribution < 1.29 is 4.74 Å². The van der Waals surface area contributed by atoms with Crippen LogP contribution in [0.3, 0.4) is 0 Å². The Hall–Kier alpha value is -0.120. The highest BCUT2D eigenvalue weighted by atomic mass is 16.5. The van der Waals surface area contributed by atoms with E-state index >= 15 is 0 Å². The van der Waals surface area contributed by atoms with Gasteiger partial charge in [0, 0.05) is 31.2 Å². The third-order valence-corrected chi connectivity index (χ3v) is 4.02. The Morgan fingerprint density at radius 1 is 1.47 bits per heavy atom. The average molecular weight is 212 g/mol. The summed E-state index contributed by atoms with van der Waals surface area (Å²) in [5.41, 5.74) is 0.374. The first-order valence-electron chi connectivity index (χ1n) is 6.18. The molecule has 1 unspecified atom stereocenters. The molecule has 3 heteroatoms. The molecular formula is C12H24N2O. The maximum absolute atomic E-state index is 5.58. The monoisotopic (exact) mass is 212 g/mol. The van der Waals surface area contributed by atoms with E-state index in [-0.39, 0.29) is 0 Å². The summed E-state index contributed by atoms with van der Waals surface area (Å²) < 4.78 is 5.58. The van der Waals surface area contributed by atoms with E-state index < -0.39 is 0 Å². The molecule has 1 saturated heterocycles. The molecule has 0 aromatic heterocycles. The van der Waals surface area contributed by atoms with E-state index in [1.807, 2.05) is 7.05 Å². The molecule has 88 valence electrons. The fourth-order valence-corrected chi connectivity index (χ4v) is 2.83. The molecule has 2 rings (SSSR count). The highest BCUT2D eigenvalue weighted by molar-refractivity contribution is 4.90. The van der Waals surface area contributed by atoms with Gasteiger partial charge in [0.1, 0.15) is 0 Å². The first kappa shape index (κ1) is 11.4. The van der Waals surface area contributed by atoms with Gasteiger partial charge in [-0.05, 0) is 33.4 Å². The first-order chi connectivity index (χ1) is 7.26. The Labute approximate surface area is 93.2 Å². The second-order valence-electron chi connectivity index (χ2n) is 5.33. The fourth-order valence-electron chi connectivity index (χ4n) is 2.83. The lowest BCUT2D eigenvalue weighted by Crippen LogP contribution is -2.47. The lowest BCUT2D eigenvalue weighted by molar-refractivity contribution is 0.0771. The van der Waals surface area contributed by atoms with Gasteiger partial charge in [0.2, 0.25) is 0 Å². The van der Waals surface area contributed by atoms with Crippen LogP contribution in [-0.4, -0.2) is 51.3 Å². The van der Waals surface area contributed by atoms with Crippen LogP contribution in [0.5, 0.6) is 0 Å². The van der Waals surface area contributed by atoms with Crippen LogP contribution in [0.4, 0.5) is 0 Å². The Kier molecular flexibility index (Phi) is 3.65. The van der Waals surface area contributed by atoms with Crippen molar-refractivity contribution >= 4 is 0 Å². The van der Waals surface area contributed by atoms with Gasteiger partial charge >= 0.3 is 0 Å². The maximum Gasteiger partial charge on any atom is 0.0547 e. The lowest BCUT2D eigenvalue weighted by Gasteiger charge is -2.40. The Morgan fingerprint density at radius 3 is 2.73 bits per heavy atom. The van der Waals surface area contributed by atoms with Crippen LogP contribution < -0.4 is 5.32 Å². The van der Waals surface area contributed by atoms with Gasteiger partial charge in [0.25, 0.3) is 0 Å². The summed E-state index contributed by atoms with van der Waals surface area (Å²) in [6, 6.07) is 0.847. The summed E-state index contributed by atoms with van der Waals surface area (Å²) >= 11 is 0. The van der Waals surface area contributed by atoms with Gasteiger partial charge in [0.05, 0.1) is 6.61 Å². The van der Waals surface area contributed by atoms with E-state index in [1.54, 1.807) is 0 Å². The number of nitrogens with zero attached hydrogens (tertiary/aromatic N) is 1. The largest absolute Gasteiger partial charge is 0.381 e. The van der Waals surface area contributed by atoms with Gasteiger partial charge < -0.3 is 15.0 Å². The SMILES string of the molecule is CNCC1(CN(C)C2CCC2)CCOC1.